The van der Waals surface area contributed by atoms with E-state index >= 15 is 0 Å². The molecule has 206 valence electrons. The van der Waals surface area contributed by atoms with Crippen LogP contribution in [0.1, 0.15) is 12.7 Å². The number of aliphatic imine (C=N–C) groups is 1. The Morgan fingerprint density at radius 2 is 2.25 bits per heavy atom. The summed E-state index contributed by atoms with van der Waals surface area (Å²) < 4.78 is 20.1. The number of carbonyl (C=O) groups is 3. The van der Waals surface area contributed by atoms with Crippen molar-refractivity contribution in [1.29, 1.82) is 0 Å². The van der Waals surface area contributed by atoms with Gasteiger partial charge in [0, 0.05) is 23.4 Å². The lowest BCUT2D eigenvalue weighted by Crippen LogP contribution is -2.63. The predicted molar refractivity (Wildman–Crippen MR) is 142 cm³/mol. The first-order valence-corrected chi connectivity index (χ1v) is 14.1. The molecule has 0 aliphatic carbocycles. The standard InChI is InChI=1S/C22H18FN9O5S3/c1-2-30-6-7-31-13(30)4-3-12(27-31)38-8-5-11-9-39-20-15(19(34)32(20)16(11)21(35)36)25-18(33)14(28-37-10-23)17-26-22(24)40-29-17/h3-8,20H,2,9-10H2,1H3,(H2-,24,26,29,35,36)/b8-5+,25-15?,28-14+/t20-/m1/s1. The number of nitrogens with two attached hydrogens (primary N) is 1. The van der Waals surface area contributed by atoms with Gasteiger partial charge in [0.15, 0.2) is 11.3 Å². The van der Waals surface area contributed by atoms with Gasteiger partial charge in [-0.05, 0) is 30.0 Å². The number of β-lactam (4-membered cyclic amide) rings is 1. The molecule has 1 atom stereocenters. The molecule has 0 aromatic carbocycles. The summed E-state index contributed by atoms with van der Waals surface area (Å²) in [5.41, 5.74) is 5.72. The van der Waals surface area contributed by atoms with Gasteiger partial charge in [-0.25, -0.2) is 13.9 Å². The van der Waals surface area contributed by atoms with E-state index in [0.29, 0.717) is 10.6 Å². The van der Waals surface area contributed by atoms with Crippen molar-refractivity contribution in [3.63, 3.8) is 0 Å². The van der Waals surface area contributed by atoms with Gasteiger partial charge < -0.3 is 20.5 Å². The van der Waals surface area contributed by atoms with Crippen LogP contribution in [0, 0.1) is 0 Å². The zero-order valence-electron chi connectivity index (χ0n) is 20.5. The number of aliphatic carboxylic acids is 1. The molecule has 2 amide bonds. The number of allylic oxidation sites excluding steroid dienone is 1. The normalized spacial score (nSPS) is 18.5. The molecule has 2 aliphatic heterocycles. The quantitative estimate of drug-likeness (QED) is 0.113. The molecule has 0 spiro atoms. The van der Waals surface area contributed by atoms with E-state index in [1.165, 1.54) is 23.5 Å². The van der Waals surface area contributed by atoms with Gasteiger partial charge in [-0.2, -0.15) is 9.36 Å². The molecule has 18 heteroatoms. The fourth-order valence-corrected chi connectivity index (χ4v) is 6.18. The van der Waals surface area contributed by atoms with Gasteiger partial charge in [0.05, 0.1) is 18.2 Å². The SMILES string of the molecule is CC[n+]1ccn2nc(S/C=C/C3=C(C(=O)[O-])N4C(=O)C(=NC(=O)/C(=N/OCF)c5nsc(N)n5)[C@H]4SC3)ccc21. The number of thioether (sulfide) groups is 2. The molecule has 0 unspecified atom stereocenters. The number of imidazole rings is 1. The average Bonchev–Trinajstić information content (AvgIpc) is 3.56. The van der Waals surface area contributed by atoms with Gasteiger partial charge in [0.2, 0.25) is 11.5 Å². The summed E-state index contributed by atoms with van der Waals surface area (Å²) in [7, 11) is 0. The number of fused-ring (bicyclic) bond motifs is 2. The fraction of sp³-hybridized carbons (Fsp3) is 0.227. The van der Waals surface area contributed by atoms with Crippen molar-refractivity contribution in [3.05, 3.63) is 53.1 Å². The van der Waals surface area contributed by atoms with Gasteiger partial charge in [-0.1, -0.05) is 22.0 Å². The summed E-state index contributed by atoms with van der Waals surface area (Å²) in [6.07, 6.45) is 5.34. The lowest BCUT2D eigenvalue weighted by atomic mass is 10.1. The smallest absolute Gasteiger partial charge is 0.307 e. The molecule has 1 fully saturated rings. The molecule has 2 N–H and O–H groups in total. The summed E-state index contributed by atoms with van der Waals surface area (Å²) in [5, 5.41) is 21.4. The Bertz CT molecular complexity index is 1650. The highest BCUT2D eigenvalue weighted by Crippen LogP contribution is 2.39. The Morgan fingerprint density at radius 1 is 1.43 bits per heavy atom. The summed E-state index contributed by atoms with van der Waals surface area (Å²) in [6.45, 7) is 1.50. The van der Waals surface area contributed by atoms with Crippen molar-refractivity contribution >= 4 is 75.0 Å². The number of carboxylic acid groups (broad SMARTS) is 1. The number of amides is 2. The number of carbonyl (C=O) groups excluding carboxylic acids is 3. The lowest BCUT2D eigenvalue weighted by molar-refractivity contribution is -0.667. The number of alkyl halides is 1. The minimum atomic E-state index is -1.55. The topological polar surface area (TPSA) is 184 Å². The minimum absolute atomic E-state index is 0.0188. The summed E-state index contributed by atoms with van der Waals surface area (Å²) in [5.74, 6) is -3.49. The Hall–Kier alpha value is -4.16. The van der Waals surface area contributed by atoms with Crippen LogP contribution in [0.3, 0.4) is 0 Å². The average molecular weight is 604 g/mol. The molecule has 0 radical (unpaired) electrons. The van der Waals surface area contributed by atoms with Gasteiger partial charge in [-0.15, -0.1) is 16.3 Å². The lowest BCUT2D eigenvalue weighted by Gasteiger charge is -2.45. The second kappa shape index (κ2) is 11.5. The van der Waals surface area contributed by atoms with E-state index in [9.17, 15) is 23.9 Å². The van der Waals surface area contributed by atoms with Crippen molar-refractivity contribution in [1.82, 2.24) is 23.9 Å². The van der Waals surface area contributed by atoms with Gasteiger partial charge in [0.1, 0.15) is 22.3 Å². The van der Waals surface area contributed by atoms with E-state index in [0.717, 1.165) is 28.6 Å². The van der Waals surface area contributed by atoms with Crippen LogP contribution in [0.5, 0.6) is 0 Å². The van der Waals surface area contributed by atoms with Crippen LogP contribution in [0.4, 0.5) is 9.52 Å². The number of nitrogens with zero attached hydrogens (tertiary/aromatic N) is 8. The van der Waals surface area contributed by atoms with Crippen molar-refractivity contribution in [3.8, 4) is 0 Å². The van der Waals surface area contributed by atoms with E-state index in [4.69, 9.17) is 5.73 Å². The van der Waals surface area contributed by atoms with Crippen LogP contribution < -0.4 is 15.4 Å². The number of aromatic nitrogens is 5. The third kappa shape index (κ3) is 5.19. The number of oxime groups is 1. The predicted octanol–water partition coefficient (Wildman–Crippen LogP) is -0.0842. The Labute approximate surface area is 237 Å². The highest BCUT2D eigenvalue weighted by atomic mass is 32.2. The van der Waals surface area contributed by atoms with Crippen molar-refractivity contribution in [2.75, 3.05) is 18.3 Å². The monoisotopic (exact) mass is 603 g/mol. The van der Waals surface area contributed by atoms with Crippen molar-refractivity contribution in [2.24, 2.45) is 10.1 Å². The maximum Gasteiger partial charge on any atom is 0.307 e. The molecule has 1 saturated heterocycles. The highest BCUT2D eigenvalue weighted by Gasteiger charge is 2.50. The van der Waals surface area contributed by atoms with E-state index < -0.39 is 35.7 Å². The molecule has 0 bridgehead atoms. The Balaban J connectivity index is 1.34. The number of hydrogen-bond donors (Lipinski definition) is 1. The van der Waals surface area contributed by atoms with Crippen LogP contribution in [0.15, 0.2) is 62.5 Å². The molecule has 3 aromatic rings. The molecular weight excluding hydrogens is 585 g/mol. The summed E-state index contributed by atoms with van der Waals surface area (Å²) in [6, 6.07) is 3.78. The minimum Gasteiger partial charge on any atom is -0.543 e. The highest BCUT2D eigenvalue weighted by molar-refractivity contribution is 8.02. The number of nitrogen functional groups attached to an aromatic ring is 1. The number of aryl methyl sites for hydroxylation is 1. The fourth-order valence-electron chi connectivity index (χ4n) is 3.86. The first-order valence-electron chi connectivity index (χ1n) is 11.4. The molecule has 0 saturated carbocycles. The Morgan fingerprint density at radius 3 is 2.95 bits per heavy atom. The first-order chi connectivity index (χ1) is 19.3. The van der Waals surface area contributed by atoms with Crippen LogP contribution in [0.2, 0.25) is 0 Å². The van der Waals surface area contributed by atoms with E-state index in [1.807, 2.05) is 36.0 Å². The molecule has 5 heterocycles. The number of rotatable bonds is 9. The second-order valence-electron chi connectivity index (χ2n) is 7.92. The first kappa shape index (κ1) is 27.4. The number of halogens is 1. The van der Waals surface area contributed by atoms with E-state index in [2.05, 4.69) is 29.4 Å². The van der Waals surface area contributed by atoms with Gasteiger partial charge in [0.25, 0.3) is 12.8 Å². The molecule has 40 heavy (non-hydrogen) atoms. The Kier molecular flexibility index (Phi) is 7.90. The maximum absolute atomic E-state index is 12.9. The zero-order valence-corrected chi connectivity index (χ0v) is 22.9. The second-order valence-corrected chi connectivity index (χ2v) is 10.7. The molecule has 3 aromatic heterocycles. The third-order valence-electron chi connectivity index (χ3n) is 5.62. The van der Waals surface area contributed by atoms with E-state index in [-0.39, 0.29) is 28.1 Å². The summed E-state index contributed by atoms with van der Waals surface area (Å²) in [4.78, 5) is 50.6. The van der Waals surface area contributed by atoms with Crippen LogP contribution in [-0.4, -0.2) is 71.1 Å². The van der Waals surface area contributed by atoms with Gasteiger partial charge in [-0.3, -0.25) is 14.5 Å². The number of anilines is 1. The molecule has 5 rings (SSSR count). The van der Waals surface area contributed by atoms with Crippen LogP contribution in [-0.2, 0) is 25.8 Å². The molecule has 2 aliphatic rings. The number of carboxylic acids is 1. The number of hydrogen-bond acceptors (Lipinski definition) is 13. The van der Waals surface area contributed by atoms with Crippen molar-refractivity contribution < 1.29 is 33.3 Å². The van der Waals surface area contributed by atoms with Crippen LogP contribution in [0.25, 0.3) is 5.65 Å². The third-order valence-corrected chi connectivity index (χ3v) is 8.12. The van der Waals surface area contributed by atoms with Crippen LogP contribution >= 0.6 is 35.1 Å². The molecular formula is C22H18FN9O5S3. The largest absolute Gasteiger partial charge is 0.543 e. The zero-order chi connectivity index (χ0) is 28.4. The van der Waals surface area contributed by atoms with Gasteiger partial charge >= 0.3 is 11.6 Å². The maximum atomic E-state index is 12.9. The van der Waals surface area contributed by atoms with Crippen molar-refractivity contribution in [2.45, 2.75) is 23.9 Å². The molecule has 14 nitrogen and oxygen atoms in total. The van der Waals surface area contributed by atoms with E-state index in [1.54, 1.807) is 16.0 Å². The summed E-state index contributed by atoms with van der Waals surface area (Å²) >= 11 is 3.23.